The third-order valence-corrected chi connectivity index (χ3v) is 3.01. The van der Waals surface area contributed by atoms with Crippen LogP contribution in [0.3, 0.4) is 0 Å². The zero-order chi connectivity index (χ0) is 11.6. The molecular formula is C12H17ClO2. The first kappa shape index (κ1) is 12.3. The van der Waals surface area contributed by atoms with Gasteiger partial charge in [0.05, 0.1) is 13.7 Å². The smallest absolute Gasteiger partial charge is 0.128 e. The molecule has 0 spiro atoms. The van der Waals surface area contributed by atoms with E-state index in [0.717, 1.165) is 22.4 Å². The van der Waals surface area contributed by atoms with Crippen LogP contribution in [0.5, 0.6) is 5.75 Å². The second kappa shape index (κ2) is 4.86. The van der Waals surface area contributed by atoms with E-state index in [2.05, 4.69) is 13.8 Å². The normalized spacial score (nSPS) is 10.9. The summed E-state index contributed by atoms with van der Waals surface area (Å²) in [6.45, 7) is 5.99. The fourth-order valence-corrected chi connectivity index (χ4v) is 1.89. The Balaban J connectivity index is 3.47. The second-order valence-electron chi connectivity index (χ2n) is 3.90. The van der Waals surface area contributed by atoms with Gasteiger partial charge in [0.15, 0.2) is 0 Å². The molecule has 0 aliphatic rings. The Morgan fingerprint density at radius 1 is 1.47 bits per heavy atom. The molecular weight excluding hydrogens is 212 g/mol. The summed E-state index contributed by atoms with van der Waals surface area (Å²) in [5.41, 5.74) is 2.71. The number of aliphatic hydroxyl groups excluding tert-OH is 1. The molecule has 2 nitrogen and oxygen atoms in total. The lowest BCUT2D eigenvalue weighted by Gasteiger charge is -2.18. The maximum Gasteiger partial charge on any atom is 0.128 e. The molecule has 0 saturated heterocycles. The van der Waals surface area contributed by atoms with Crippen molar-refractivity contribution in [3.05, 3.63) is 27.8 Å². The van der Waals surface area contributed by atoms with Gasteiger partial charge in [-0.15, -0.1) is 0 Å². The van der Waals surface area contributed by atoms with E-state index in [4.69, 9.17) is 16.3 Å². The second-order valence-corrected chi connectivity index (χ2v) is 4.30. The van der Waals surface area contributed by atoms with Crippen LogP contribution in [-0.2, 0) is 6.61 Å². The topological polar surface area (TPSA) is 29.5 Å². The van der Waals surface area contributed by atoms with Gasteiger partial charge in [-0.3, -0.25) is 0 Å². The minimum absolute atomic E-state index is 0.0463. The van der Waals surface area contributed by atoms with Crippen molar-refractivity contribution in [2.75, 3.05) is 7.11 Å². The van der Waals surface area contributed by atoms with Crippen LogP contribution in [-0.4, -0.2) is 12.2 Å². The minimum Gasteiger partial charge on any atom is -0.496 e. The number of rotatable bonds is 3. The maximum atomic E-state index is 9.32. The summed E-state index contributed by atoms with van der Waals surface area (Å²) in [5.74, 6) is 1.08. The fraction of sp³-hybridized carbons (Fsp3) is 0.500. The summed E-state index contributed by atoms with van der Waals surface area (Å²) in [6.07, 6.45) is 0. The highest BCUT2D eigenvalue weighted by molar-refractivity contribution is 6.31. The van der Waals surface area contributed by atoms with Gasteiger partial charge in [0, 0.05) is 10.6 Å². The molecule has 0 heterocycles. The molecule has 1 aromatic carbocycles. The Labute approximate surface area is 95.8 Å². The van der Waals surface area contributed by atoms with Gasteiger partial charge in [-0.2, -0.15) is 0 Å². The van der Waals surface area contributed by atoms with Crippen molar-refractivity contribution in [2.24, 2.45) is 0 Å². The molecule has 0 aromatic heterocycles. The zero-order valence-corrected chi connectivity index (χ0v) is 10.4. The van der Waals surface area contributed by atoms with E-state index >= 15 is 0 Å². The first-order valence-electron chi connectivity index (χ1n) is 4.99. The Morgan fingerprint density at radius 3 is 2.47 bits per heavy atom. The van der Waals surface area contributed by atoms with Gasteiger partial charge in [0.1, 0.15) is 5.75 Å². The summed E-state index contributed by atoms with van der Waals surface area (Å²) >= 11 is 6.10. The Hall–Kier alpha value is -0.730. The van der Waals surface area contributed by atoms with Gasteiger partial charge in [-0.25, -0.2) is 0 Å². The summed E-state index contributed by atoms with van der Waals surface area (Å²) in [6, 6.07) is 1.92. The third kappa shape index (κ3) is 2.27. The largest absolute Gasteiger partial charge is 0.496 e. The highest BCUT2D eigenvalue weighted by Gasteiger charge is 2.16. The summed E-state index contributed by atoms with van der Waals surface area (Å²) in [7, 11) is 1.62. The average Bonchev–Trinajstić information content (AvgIpc) is 2.20. The van der Waals surface area contributed by atoms with Gasteiger partial charge in [-0.1, -0.05) is 25.4 Å². The molecule has 0 bridgehead atoms. The van der Waals surface area contributed by atoms with Gasteiger partial charge in [0.2, 0.25) is 0 Å². The van der Waals surface area contributed by atoms with Gasteiger partial charge in [-0.05, 0) is 30.0 Å². The fourth-order valence-electron chi connectivity index (χ4n) is 1.66. The first-order valence-corrected chi connectivity index (χ1v) is 5.37. The molecule has 1 aromatic rings. The van der Waals surface area contributed by atoms with E-state index in [-0.39, 0.29) is 6.61 Å². The highest BCUT2D eigenvalue weighted by atomic mass is 35.5. The van der Waals surface area contributed by atoms with Crippen LogP contribution in [0.4, 0.5) is 0 Å². The van der Waals surface area contributed by atoms with Crippen LogP contribution >= 0.6 is 11.6 Å². The summed E-state index contributed by atoms with van der Waals surface area (Å²) < 4.78 is 5.35. The number of benzene rings is 1. The van der Waals surface area contributed by atoms with Crippen LogP contribution < -0.4 is 4.74 Å². The molecule has 0 radical (unpaired) electrons. The predicted molar refractivity (Wildman–Crippen MR) is 62.8 cm³/mol. The Kier molecular flexibility index (Phi) is 4.00. The van der Waals surface area contributed by atoms with Crippen LogP contribution in [0.2, 0.25) is 5.02 Å². The van der Waals surface area contributed by atoms with Gasteiger partial charge >= 0.3 is 0 Å². The van der Waals surface area contributed by atoms with Crippen LogP contribution in [0.15, 0.2) is 6.07 Å². The number of hydrogen-bond acceptors (Lipinski definition) is 2. The lowest BCUT2D eigenvalue weighted by atomic mass is 9.96. The monoisotopic (exact) mass is 228 g/mol. The molecule has 15 heavy (non-hydrogen) atoms. The van der Waals surface area contributed by atoms with Crippen LogP contribution in [0.1, 0.15) is 36.5 Å². The standard InChI is InChI=1S/C12H17ClO2/c1-7(2)9-5-11(13)8(3)10(6-14)12(9)15-4/h5,7,14H,6H2,1-4H3. The highest BCUT2D eigenvalue weighted by Crippen LogP contribution is 2.36. The molecule has 0 fully saturated rings. The maximum absolute atomic E-state index is 9.32. The van der Waals surface area contributed by atoms with E-state index in [1.807, 2.05) is 13.0 Å². The zero-order valence-electron chi connectivity index (χ0n) is 9.60. The minimum atomic E-state index is -0.0463. The molecule has 3 heteroatoms. The van der Waals surface area contributed by atoms with E-state index in [9.17, 15) is 5.11 Å². The molecule has 1 rings (SSSR count). The first-order chi connectivity index (χ1) is 7.02. The van der Waals surface area contributed by atoms with Crippen molar-refractivity contribution in [2.45, 2.75) is 33.3 Å². The van der Waals surface area contributed by atoms with E-state index < -0.39 is 0 Å². The molecule has 1 N–H and O–H groups in total. The Morgan fingerprint density at radius 2 is 2.07 bits per heavy atom. The number of ether oxygens (including phenoxy) is 1. The number of halogens is 1. The van der Waals surface area contributed by atoms with Crippen molar-refractivity contribution < 1.29 is 9.84 Å². The predicted octanol–water partition coefficient (Wildman–Crippen LogP) is 3.27. The van der Waals surface area contributed by atoms with Crippen molar-refractivity contribution >= 4 is 11.6 Å². The third-order valence-electron chi connectivity index (χ3n) is 2.61. The molecule has 0 aliphatic heterocycles. The number of methoxy groups -OCH3 is 1. The molecule has 0 aliphatic carbocycles. The molecule has 0 amide bonds. The molecule has 0 atom stereocenters. The number of aliphatic hydroxyl groups is 1. The van der Waals surface area contributed by atoms with Crippen molar-refractivity contribution in [1.82, 2.24) is 0 Å². The van der Waals surface area contributed by atoms with Crippen LogP contribution in [0.25, 0.3) is 0 Å². The summed E-state index contributed by atoms with van der Waals surface area (Å²) in [4.78, 5) is 0. The van der Waals surface area contributed by atoms with Crippen molar-refractivity contribution in [3.63, 3.8) is 0 Å². The van der Waals surface area contributed by atoms with E-state index in [0.29, 0.717) is 10.9 Å². The lowest BCUT2D eigenvalue weighted by molar-refractivity contribution is 0.272. The van der Waals surface area contributed by atoms with E-state index in [1.54, 1.807) is 7.11 Å². The molecule has 0 unspecified atom stereocenters. The quantitative estimate of drug-likeness (QED) is 0.861. The van der Waals surface area contributed by atoms with Crippen molar-refractivity contribution in [3.8, 4) is 5.75 Å². The lowest BCUT2D eigenvalue weighted by Crippen LogP contribution is -2.02. The number of hydrogen-bond donors (Lipinski definition) is 1. The molecule has 0 saturated carbocycles. The summed E-state index contributed by atoms with van der Waals surface area (Å²) in [5, 5.41) is 10.0. The Bertz CT molecular complexity index is 359. The average molecular weight is 229 g/mol. The van der Waals surface area contributed by atoms with E-state index in [1.165, 1.54) is 0 Å². The van der Waals surface area contributed by atoms with Crippen molar-refractivity contribution in [1.29, 1.82) is 0 Å². The molecule has 84 valence electrons. The van der Waals surface area contributed by atoms with Crippen LogP contribution in [0, 0.1) is 6.92 Å². The van der Waals surface area contributed by atoms with Gasteiger partial charge in [0.25, 0.3) is 0 Å². The van der Waals surface area contributed by atoms with Gasteiger partial charge < -0.3 is 9.84 Å². The SMILES string of the molecule is COc1c(C(C)C)cc(Cl)c(C)c1CO.